The summed E-state index contributed by atoms with van der Waals surface area (Å²) in [7, 11) is 1.43. The van der Waals surface area contributed by atoms with E-state index in [-0.39, 0.29) is 12.2 Å². The summed E-state index contributed by atoms with van der Waals surface area (Å²) in [6, 6.07) is 22.2. The Morgan fingerprint density at radius 3 is 1.96 bits per heavy atom. The normalized spacial score (nSPS) is 10.4. The molecule has 0 radical (unpaired) electrons. The smallest absolute Gasteiger partial charge is 0.337 e. The molecule has 138 valence electrons. The molecule has 3 rings (SSSR count). The minimum atomic E-state index is -1.02. The first-order valence-electron chi connectivity index (χ1n) is 8.37. The molecule has 0 amide bonds. The van der Waals surface area contributed by atoms with Gasteiger partial charge in [-0.05, 0) is 36.4 Å². The molecule has 0 unspecified atom stereocenters. The number of nitrogens with one attached hydrogen (secondary N) is 2. The number of carboxylic acid groups (broad SMARTS) is 1. The molecule has 0 saturated carbocycles. The molecular weight excluding hydrogens is 344 g/mol. The van der Waals surface area contributed by atoms with Crippen molar-refractivity contribution in [2.45, 2.75) is 6.61 Å². The first-order valence-corrected chi connectivity index (χ1v) is 8.37. The van der Waals surface area contributed by atoms with Gasteiger partial charge in [0.25, 0.3) is 0 Å². The zero-order chi connectivity index (χ0) is 19.1. The van der Waals surface area contributed by atoms with Gasteiger partial charge >= 0.3 is 5.97 Å². The number of benzene rings is 3. The van der Waals surface area contributed by atoms with Crippen LogP contribution in [0.3, 0.4) is 0 Å². The van der Waals surface area contributed by atoms with Gasteiger partial charge in [-0.25, -0.2) is 14.6 Å². The van der Waals surface area contributed by atoms with Crippen molar-refractivity contribution >= 4 is 28.7 Å². The van der Waals surface area contributed by atoms with Crippen LogP contribution in [0.25, 0.3) is 0 Å². The summed E-state index contributed by atoms with van der Waals surface area (Å²) in [5.74, 6) is -1.02. The summed E-state index contributed by atoms with van der Waals surface area (Å²) in [6.07, 6.45) is 0. The van der Waals surface area contributed by atoms with E-state index in [2.05, 4.69) is 10.6 Å². The fourth-order valence-corrected chi connectivity index (χ4v) is 2.64. The zero-order valence-electron chi connectivity index (χ0n) is 14.8. The molecule has 3 aromatic carbocycles. The van der Waals surface area contributed by atoms with Gasteiger partial charge in [-0.3, -0.25) is 0 Å². The van der Waals surface area contributed by atoms with Gasteiger partial charge in [0.05, 0.1) is 18.4 Å². The van der Waals surface area contributed by atoms with Crippen molar-refractivity contribution in [3.63, 3.8) is 0 Å². The van der Waals surface area contributed by atoms with Gasteiger partial charge in [0.15, 0.2) is 0 Å². The van der Waals surface area contributed by atoms with E-state index in [4.69, 9.17) is 9.78 Å². The van der Waals surface area contributed by atoms with Crippen molar-refractivity contribution < 1.29 is 19.7 Å². The molecule has 0 atom stereocenters. The Balaban J connectivity index is 2.01. The zero-order valence-corrected chi connectivity index (χ0v) is 14.8. The molecule has 3 N–H and O–H groups in total. The van der Waals surface area contributed by atoms with Crippen LogP contribution in [0.5, 0.6) is 0 Å². The maximum absolute atomic E-state index is 11.8. The number of hydrogen-bond donors (Lipinski definition) is 3. The second kappa shape index (κ2) is 8.84. The van der Waals surface area contributed by atoms with E-state index in [1.54, 1.807) is 12.1 Å². The van der Waals surface area contributed by atoms with Crippen molar-refractivity contribution in [1.29, 1.82) is 0 Å². The molecule has 0 heterocycles. The molecule has 0 fully saturated rings. The van der Waals surface area contributed by atoms with Crippen molar-refractivity contribution in [2.24, 2.45) is 0 Å². The van der Waals surface area contributed by atoms with E-state index in [1.807, 2.05) is 60.7 Å². The summed E-state index contributed by atoms with van der Waals surface area (Å²) in [5, 5.41) is 16.1. The first kappa shape index (κ1) is 18.4. The van der Waals surface area contributed by atoms with Crippen LogP contribution in [-0.2, 0) is 16.4 Å². The standard InChI is InChI=1S/C21H20N2O4/c1-26-27-14-15-12-20(23-17-10-6-3-7-11-17)18(21(24)25)13-19(15)22-16-8-4-2-5-9-16/h2-13,22-23H,14H2,1H3,(H,24,25). The highest BCUT2D eigenvalue weighted by atomic mass is 17.2. The second-order valence-corrected chi connectivity index (χ2v) is 5.77. The van der Waals surface area contributed by atoms with Crippen LogP contribution in [0.15, 0.2) is 72.8 Å². The molecule has 0 aliphatic rings. The number of carboxylic acids is 1. The summed E-state index contributed by atoms with van der Waals surface area (Å²) in [4.78, 5) is 21.6. The minimum Gasteiger partial charge on any atom is -0.478 e. The highest BCUT2D eigenvalue weighted by molar-refractivity contribution is 5.97. The lowest BCUT2D eigenvalue weighted by molar-refractivity contribution is -0.282. The SMILES string of the molecule is COOCc1cc(Nc2ccccc2)c(C(=O)O)cc1Nc1ccccc1. The highest BCUT2D eigenvalue weighted by Crippen LogP contribution is 2.31. The van der Waals surface area contributed by atoms with Gasteiger partial charge in [-0.15, -0.1) is 0 Å². The van der Waals surface area contributed by atoms with Gasteiger partial charge in [0, 0.05) is 22.6 Å². The fourth-order valence-electron chi connectivity index (χ4n) is 2.64. The maximum Gasteiger partial charge on any atom is 0.337 e. The predicted octanol–water partition coefficient (Wildman–Crippen LogP) is 4.95. The lowest BCUT2D eigenvalue weighted by Gasteiger charge is -2.17. The Labute approximate surface area is 157 Å². The molecular formula is C21H20N2O4. The van der Waals surface area contributed by atoms with Crippen LogP contribution < -0.4 is 10.6 Å². The average Bonchev–Trinajstić information content (AvgIpc) is 2.69. The van der Waals surface area contributed by atoms with Crippen molar-refractivity contribution in [3.05, 3.63) is 83.9 Å². The Morgan fingerprint density at radius 1 is 0.889 bits per heavy atom. The molecule has 0 aliphatic carbocycles. The van der Waals surface area contributed by atoms with Crippen LogP contribution in [0.4, 0.5) is 22.7 Å². The second-order valence-electron chi connectivity index (χ2n) is 5.77. The number of rotatable bonds is 8. The molecule has 6 heteroatoms. The molecule has 0 spiro atoms. The third kappa shape index (κ3) is 4.84. The summed E-state index contributed by atoms with van der Waals surface area (Å²) in [6.45, 7) is 0.162. The number of aromatic carboxylic acids is 1. The summed E-state index contributed by atoms with van der Waals surface area (Å²) >= 11 is 0. The van der Waals surface area contributed by atoms with Crippen molar-refractivity contribution in [3.8, 4) is 0 Å². The van der Waals surface area contributed by atoms with E-state index in [1.165, 1.54) is 7.11 Å². The molecule has 27 heavy (non-hydrogen) atoms. The number of hydrogen-bond acceptors (Lipinski definition) is 5. The monoisotopic (exact) mass is 364 g/mol. The Hall–Kier alpha value is -3.35. The van der Waals surface area contributed by atoms with E-state index in [0.29, 0.717) is 11.4 Å². The van der Waals surface area contributed by atoms with Gasteiger partial charge in [-0.1, -0.05) is 36.4 Å². The predicted molar refractivity (Wildman–Crippen MR) is 105 cm³/mol. The lowest BCUT2D eigenvalue weighted by Crippen LogP contribution is -2.07. The van der Waals surface area contributed by atoms with Crippen molar-refractivity contribution in [2.75, 3.05) is 17.7 Å². The highest BCUT2D eigenvalue weighted by Gasteiger charge is 2.16. The Morgan fingerprint density at radius 2 is 1.44 bits per heavy atom. The van der Waals surface area contributed by atoms with E-state index in [0.717, 1.165) is 16.9 Å². The summed E-state index contributed by atoms with van der Waals surface area (Å²) < 4.78 is 0. The van der Waals surface area contributed by atoms with Gasteiger partial charge in [-0.2, -0.15) is 0 Å². The molecule has 0 bridgehead atoms. The van der Waals surface area contributed by atoms with Gasteiger partial charge in [0.2, 0.25) is 0 Å². The van der Waals surface area contributed by atoms with Crippen LogP contribution in [0.1, 0.15) is 15.9 Å². The third-order valence-electron chi connectivity index (χ3n) is 3.91. The molecule has 3 aromatic rings. The Bertz CT molecular complexity index is 899. The van der Waals surface area contributed by atoms with E-state index < -0.39 is 5.97 Å². The van der Waals surface area contributed by atoms with Crippen molar-refractivity contribution in [1.82, 2.24) is 0 Å². The van der Waals surface area contributed by atoms with Gasteiger partial charge < -0.3 is 15.7 Å². The average molecular weight is 364 g/mol. The first-order chi connectivity index (χ1) is 13.2. The van der Waals surface area contributed by atoms with Crippen LogP contribution in [-0.4, -0.2) is 18.2 Å². The maximum atomic E-state index is 11.8. The number of anilines is 4. The van der Waals surface area contributed by atoms with Crippen LogP contribution >= 0.6 is 0 Å². The van der Waals surface area contributed by atoms with Gasteiger partial charge in [0.1, 0.15) is 6.61 Å². The lowest BCUT2D eigenvalue weighted by atomic mass is 10.1. The van der Waals surface area contributed by atoms with Crippen LogP contribution in [0.2, 0.25) is 0 Å². The molecule has 0 saturated heterocycles. The number of para-hydroxylation sites is 2. The molecule has 0 aromatic heterocycles. The largest absolute Gasteiger partial charge is 0.478 e. The summed E-state index contributed by atoms with van der Waals surface area (Å²) in [5.41, 5.74) is 3.65. The molecule has 6 nitrogen and oxygen atoms in total. The van der Waals surface area contributed by atoms with E-state index >= 15 is 0 Å². The third-order valence-corrected chi connectivity index (χ3v) is 3.91. The molecule has 0 aliphatic heterocycles. The fraction of sp³-hybridized carbons (Fsp3) is 0.0952. The van der Waals surface area contributed by atoms with E-state index in [9.17, 15) is 9.90 Å². The quantitative estimate of drug-likeness (QED) is 0.388. The van der Waals surface area contributed by atoms with Crippen LogP contribution in [0, 0.1) is 0 Å². The number of carbonyl (C=O) groups is 1. The topological polar surface area (TPSA) is 79.8 Å². The Kier molecular flexibility index (Phi) is 6.04. The minimum absolute atomic E-state index is 0.151.